The van der Waals surface area contributed by atoms with Gasteiger partial charge in [0, 0.05) is 6.54 Å². The zero-order valence-electron chi connectivity index (χ0n) is 7.49. The lowest BCUT2D eigenvalue weighted by molar-refractivity contribution is 0.116. The number of nitrogens with one attached hydrogen (secondary N) is 2. The van der Waals surface area contributed by atoms with E-state index in [0.29, 0.717) is 19.7 Å². The monoisotopic (exact) mass is 188 g/mol. The molecule has 0 aromatic carbocycles. The van der Waals surface area contributed by atoms with Crippen LogP contribution in [0.2, 0.25) is 0 Å². The second-order valence-corrected chi connectivity index (χ2v) is 2.67. The van der Waals surface area contributed by atoms with Gasteiger partial charge in [0.1, 0.15) is 0 Å². The lowest BCUT2D eigenvalue weighted by Crippen LogP contribution is -2.18. The van der Waals surface area contributed by atoms with Crippen molar-refractivity contribution in [2.45, 2.75) is 12.8 Å². The van der Waals surface area contributed by atoms with Gasteiger partial charge in [0.25, 0.3) is 0 Å². The molecule has 0 fully saturated rings. The van der Waals surface area contributed by atoms with E-state index in [1.807, 2.05) is 6.01 Å². The molecule has 0 aliphatic rings. The van der Waals surface area contributed by atoms with Crippen LogP contribution >= 0.6 is 0 Å². The Balaban J connectivity index is 3.65. The van der Waals surface area contributed by atoms with Gasteiger partial charge in [-0.2, -0.15) is 0 Å². The van der Waals surface area contributed by atoms with Crippen molar-refractivity contribution in [1.29, 1.82) is 5.41 Å². The third-order valence-corrected chi connectivity index (χ3v) is 1.74. The zero-order valence-corrected chi connectivity index (χ0v) is 7.49. The summed E-state index contributed by atoms with van der Waals surface area (Å²) in [4.78, 5) is 8.13. The molecule has 0 aliphatic carbocycles. The molecule has 6 heteroatoms. The van der Waals surface area contributed by atoms with Crippen LogP contribution in [0.5, 0.6) is 0 Å². The Morgan fingerprint density at radius 3 is 2.92 bits per heavy atom. The molecule has 0 aromatic rings. The Kier molecular flexibility index (Phi) is 8.75. The van der Waals surface area contributed by atoms with Gasteiger partial charge < -0.3 is 10.0 Å². The van der Waals surface area contributed by atoms with E-state index in [-0.39, 0.29) is 5.92 Å². The topological polar surface area (TPSA) is 104 Å². The molecule has 0 saturated carbocycles. The molecule has 0 rings (SSSR count). The number of rotatable bonds is 8. The number of hydrogen-bond acceptors (Lipinski definition) is 6. The molecule has 0 aromatic heterocycles. The first kappa shape index (κ1) is 12.2. The number of aliphatic imine (C=N–C) groups is 1. The van der Waals surface area contributed by atoms with E-state index < -0.39 is 0 Å². The molecular weight excluding hydrogens is 172 g/mol. The van der Waals surface area contributed by atoms with Crippen LogP contribution in [0.25, 0.3) is 0 Å². The summed E-state index contributed by atoms with van der Waals surface area (Å²) in [6.45, 7) is 1.49. The minimum Gasteiger partial charge on any atom is -0.317 e. The molecule has 76 valence electrons. The maximum absolute atomic E-state index is 8.38. The van der Waals surface area contributed by atoms with Crippen molar-refractivity contribution in [3.63, 3.8) is 0 Å². The van der Waals surface area contributed by atoms with Crippen molar-refractivity contribution in [3.05, 3.63) is 0 Å². The Morgan fingerprint density at radius 1 is 1.62 bits per heavy atom. The summed E-state index contributed by atoms with van der Waals surface area (Å²) in [5.74, 6) is 5.15. The van der Waals surface area contributed by atoms with Crippen molar-refractivity contribution in [3.8, 4) is 0 Å². The molecule has 0 saturated heterocycles. The summed E-state index contributed by atoms with van der Waals surface area (Å²) < 4.78 is 0. The maximum Gasteiger partial charge on any atom is 0.0862 e. The second kappa shape index (κ2) is 9.31. The molecule has 0 radical (unpaired) electrons. The summed E-state index contributed by atoms with van der Waals surface area (Å²) in [6, 6.07) is 1.97. The Labute approximate surface area is 77.2 Å². The zero-order chi connectivity index (χ0) is 9.94. The maximum atomic E-state index is 8.38. The quantitative estimate of drug-likeness (QED) is 0.318. The molecule has 1 unspecified atom stereocenters. The Morgan fingerprint density at radius 2 is 2.38 bits per heavy atom. The highest BCUT2D eigenvalue weighted by atomic mass is 16.6. The standard InChI is InChI=1S/C7H16N4O2/c8-6-10-5-7(1-3-11-12)2-4-13-9/h7-8,11-12H,1-5,9H2. The average molecular weight is 188 g/mol. The Bertz CT molecular complexity index is 151. The molecule has 0 aliphatic heterocycles. The van der Waals surface area contributed by atoms with Gasteiger partial charge in [-0.05, 0) is 18.8 Å². The SMILES string of the molecule is N=C=NCC(CCNO)CCON. The largest absolute Gasteiger partial charge is 0.317 e. The van der Waals surface area contributed by atoms with Crippen LogP contribution in [0.15, 0.2) is 4.99 Å². The smallest absolute Gasteiger partial charge is 0.0862 e. The van der Waals surface area contributed by atoms with Gasteiger partial charge in [-0.25, -0.2) is 21.8 Å². The van der Waals surface area contributed by atoms with Crippen molar-refractivity contribution in [1.82, 2.24) is 5.48 Å². The molecule has 0 amide bonds. The minimum atomic E-state index is 0.265. The first-order chi connectivity index (χ1) is 6.35. The van der Waals surface area contributed by atoms with E-state index in [1.54, 1.807) is 0 Å². The summed E-state index contributed by atoms with van der Waals surface area (Å²) in [5.41, 5.74) is 2.07. The number of nitrogens with two attached hydrogens (primary N) is 1. The van der Waals surface area contributed by atoms with Gasteiger partial charge in [-0.15, -0.1) is 0 Å². The van der Waals surface area contributed by atoms with E-state index in [4.69, 9.17) is 16.5 Å². The summed E-state index contributed by atoms with van der Waals surface area (Å²) in [7, 11) is 0. The number of hydrogen-bond donors (Lipinski definition) is 4. The summed E-state index contributed by atoms with van der Waals surface area (Å²) >= 11 is 0. The number of hydroxylamine groups is 1. The van der Waals surface area contributed by atoms with Crippen molar-refractivity contribution < 1.29 is 10.0 Å². The molecule has 6 nitrogen and oxygen atoms in total. The van der Waals surface area contributed by atoms with Crippen LogP contribution in [-0.4, -0.2) is 30.9 Å². The van der Waals surface area contributed by atoms with E-state index in [2.05, 4.69) is 15.3 Å². The highest BCUT2D eigenvalue weighted by Gasteiger charge is 2.07. The minimum absolute atomic E-state index is 0.265. The van der Waals surface area contributed by atoms with Gasteiger partial charge in [0.05, 0.1) is 19.2 Å². The van der Waals surface area contributed by atoms with Crippen LogP contribution < -0.4 is 11.4 Å². The summed E-state index contributed by atoms with van der Waals surface area (Å²) in [6.07, 6.45) is 1.54. The average Bonchev–Trinajstić information content (AvgIpc) is 2.17. The fourth-order valence-corrected chi connectivity index (χ4v) is 1.01. The van der Waals surface area contributed by atoms with Gasteiger partial charge in [0.2, 0.25) is 0 Å². The van der Waals surface area contributed by atoms with E-state index >= 15 is 0 Å². The van der Waals surface area contributed by atoms with Crippen LogP contribution in [0.1, 0.15) is 12.8 Å². The normalized spacial score (nSPS) is 12.2. The second-order valence-electron chi connectivity index (χ2n) is 2.67. The molecule has 0 heterocycles. The van der Waals surface area contributed by atoms with E-state index in [9.17, 15) is 0 Å². The third-order valence-electron chi connectivity index (χ3n) is 1.74. The fraction of sp³-hybridized carbons (Fsp3) is 0.857. The predicted octanol–water partition coefficient (Wildman–Crippen LogP) is 0.00457. The Hall–Kier alpha value is -0.780. The van der Waals surface area contributed by atoms with Gasteiger partial charge in [0.15, 0.2) is 0 Å². The highest BCUT2D eigenvalue weighted by Crippen LogP contribution is 2.07. The molecule has 5 N–H and O–H groups in total. The van der Waals surface area contributed by atoms with Crippen molar-refractivity contribution >= 4 is 6.01 Å². The van der Waals surface area contributed by atoms with Crippen molar-refractivity contribution in [2.24, 2.45) is 16.8 Å². The van der Waals surface area contributed by atoms with Gasteiger partial charge in [-0.3, -0.25) is 0 Å². The lowest BCUT2D eigenvalue weighted by Gasteiger charge is -2.11. The van der Waals surface area contributed by atoms with Gasteiger partial charge in [-0.1, -0.05) is 0 Å². The molecule has 1 atom stereocenters. The molecular formula is C7H16N4O2. The fourth-order valence-electron chi connectivity index (χ4n) is 1.01. The summed E-state index contributed by atoms with van der Waals surface area (Å²) in [5, 5.41) is 15.0. The van der Waals surface area contributed by atoms with Crippen LogP contribution in [0, 0.1) is 11.3 Å². The third kappa shape index (κ3) is 7.58. The van der Waals surface area contributed by atoms with Crippen LogP contribution in [-0.2, 0) is 4.84 Å². The first-order valence-electron chi connectivity index (χ1n) is 4.12. The molecule has 0 spiro atoms. The predicted molar refractivity (Wildman–Crippen MR) is 47.7 cm³/mol. The lowest BCUT2D eigenvalue weighted by atomic mass is 10.0. The number of nitrogens with zero attached hydrogens (tertiary/aromatic N) is 1. The van der Waals surface area contributed by atoms with Crippen molar-refractivity contribution in [2.75, 3.05) is 19.7 Å². The van der Waals surface area contributed by atoms with E-state index in [1.165, 1.54) is 0 Å². The van der Waals surface area contributed by atoms with Gasteiger partial charge >= 0.3 is 0 Å². The first-order valence-corrected chi connectivity index (χ1v) is 4.12. The van der Waals surface area contributed by atoms with E-state index in [0.717, 1.165) is 12.8 Å². The van der Waals surface area contributed by atoms with Crippen LogP contribution in [0.3, 0.4) is 0 Å². The highest BCUT2D eigenvalue weighted by molar-refractivity contribution is 5.35. The van der Waals surface area contributed by atoms with Crippen LogP contribution in [0.4, 0.5) is 0 Å². The molecule has 13 heavy (non-hydrogen) atoms. The molecule has 0 bridgehead atoms.